The van der Waals surface area contributed by atoms with Gasteiger partial charge in [-0.1, -0.05) is 42.5 Å². The molecule has 0 bridgehead atoms. The Kier molecular flexibility index (Phi) is 7.01. The predicted octanol–water partition coefficient (Wildman–Crippen LogP) is 6.09. The summed E-state index contributed by atoms with van der Waals surface area (Å²) in [7, 11) is 3.23. The molecule has 6 nitrogen and oxygen atoms in total. The quantitative estimate of drug-likeness (QED) is 0.286. The summed E-state index contributed by atoms with van der Waals surface area (Å²) in [6.07, 6.45) is 3.23. The summed E-state index contributed by atoms with van der Waals surface area (Å²) in [5.41, 5.74) is 5.23. The lowest BCUT2D eigenvalue weighted by atomic mass is 9.97. The van der Waals surface area contributed by atoms with Gasteiger partial charge in [0, 0.05) is 24.7 Å². The van der Waals surface area contributed by atoms with Crippen LogP contribution in [0.5, 0.6) is 11.5 Å². The zero-order chi connectivity index (χ0) is 24.9. The lowest BCUT2D eigenvalue weighted by molar-refractivity contribution is 0.227. The predicted molar refractivity (Wildman–Crippen MR) is 141 cm³/mol. The largest absolute Gasteiger partial charge is 0.493 e. The summed E-state index contributed by atoms with van der Waals surface area (Å²) >= 11 is 0. The molecule has 36 heavy (non-hydrogen) atoms. The fraction of sp³-hybridized carbons (Fsp3) is 0.267. The van der Waals surface area contributed by atoms with Crippen LogP contribution in [0, 0.1) is 17.2 Å². The molecule has 1 atom stereocenters. The number of furan rings is 1. The third kappa shape index (κ3) is 4.98. The highest BCUT2D eigenvalue weighted by Crippen LogP contribution is 2.40. The first-order chi connectivity index (χ1) is 17.7. The highest BCUT2D eigenvalue weighted by molar-refractivity contribution is 5.90. The number of nitrogens with zero attached hydrogens (tertiary/aromatic N) is 3. The number of benzene rings is 3. The van der Waals surface area contributed by atoms with Crippen molar-refractivity contribution in [3.8, 4) is 17.6 Å². The van der Waals surface area contributed by atoms with Crippen LogP contribution in [-0.2, 0) is 25.9 Å². The van der Waals surface area contributed by atoms with Crippen LogP contribution in [-0.4, -0.2) is 31.9 Å². The third-order valence-corrected chi connectivity index (χ3v) is 6.64. The maximum absolute atomic E-state index is 9.84. The Labute approximate surface area is 211 Å². The van der Waals surface area contributed by atoms with Crippen molar-refractivity contribution in [1.29, 1.82) is 5.26 Å². The van der Waals surface area contributed by atoms with Gasteiger partial charge in [0.25, 0.3) is 0 Å². The summed E-state index contributed by atoms with van der Waals surface area (Å²) in [4.78, 5) is 6.89. The maximum Gasteiger partial charge on any atom is 0.204 e. The van der Waals surface area contributed by atoms with E-state index >= 15 is 0 Å². The molecule has 0 N–H and O–H groups in total. The number of hydrogen-bond acceptors (Lipinski definition) is 6. The van der Waals surface area contributed by atoms with E-state index in [4.69, 9.17) is 13.9 Å². The first kappa shape index (κ1) is 23.7. The standard InChI is InChI=1S/C30H29N3O3/c1-34-28-15-24(14-21(17-31)18-32-25-10-4-3-5-11-25)27-16-26(36-29(27)30(28)35-2)20-33-13-12-22-8-6-7-9-23(22)19-33/h3-11,15-16,18,21H,12-14,19-20H2,1-2H3. The van der Waals surface area contributed by atoms with E-state index in [0.29, 0.717) is 30.0 Å². The summed E-state index contributed by atoms with van der Waals surface area (Å²) < 4.78 is 17.6. The van der Waals surface area contributed by atoms with Gasteiger partial charge in [0.2, 0.25) is 5.75 Å². The molecule has 2 heterocycles. The lowest BCUT2D eigenvalue weighted by Gasteiger charge is -2.27. The minimum absolute atomic E-state index is 0.400. The fourth-order valence-corrected chi connectivity index (χ4v) is 4.82. The van der Waals surface area contributed by atoms with Crippen molar-refractivity contribution in [3.63, 3.8) is 0 Å². The average Bonchev–Trinajstić information content (AvgIpc) is 3.34. The molecule has 0 saturated carbocycles. The second-order valence-corrected chi connectivity index (χ2v) is 9.01. The Morgan fingerprint density at radius 3 is 2.58 bits per heavy atom. The van der Waals surface area contributed by atoms with Crippen LogP contribution in [0.3, 0.4) is 0 Å². The van der Waals surface area contributed by atoms with E-state index in [9.17, 15) is 5.26 Å². The summed E-state index contributed by atoms with van der Waals surface area (Å²) in [5.74, 6) is 1.62. The maximum atomic E-state index is 9.84. The van der Waals surface area contributed by atoms with Gasteiger partial charge in [0.05, 0.1) is 38.4 Å². The molecule has 1 aliphatic rings. The lowest BCUT2D eigenvalue weighted by Crippen LogP contribution is -2.29. The minimum atomic E-state index is -0.400. The molecule has 0 radical (unpaired) electrons. The van der Waals surface area contributed by atoms with Crippen molar-refractivity contribution in [2.24, 2.45) is 10.9 Å². The van der Waals surface area contributed by atoms with Crippen molar-refractivity contribution in [2.75, 3.05) is 20.8 Å². The zero-order valence-electron chi connectivity index (χ0n) is 20.6. The molecule has 5 rings (SSSR count). The van der Waals surface area contributed by atoms with E-state index in [1.54, 1.807) is 20.4 Å². The molecule has 0 amide bonds. The molecular formula is C30H29N3O3. The van der Waals surface area contributed by atoms with Crippen LogP contribution in [0.25, 0.3) is 11.0 Å². The fourth-order valence-electron chi connectivity index (χ4n) is 4.82. The summed E-state index contributed by atoms with van der Waals surface area (Å²) in [6.45, 7) is 2.58. The van der Waals surface area contributed by atoms with Crippen LogP contribution in [0.4, 0.5) is 5.69 Å². The normalized spacial score (nSPS) is 14.5. The highest BCUT2D eigenvalue weighted by atomic mass is 16.5. The Bertz CT molecular complexity index is 1420. The van der Waals surface area contributed by atoms with Gasteiger partial charge in [-0.05, 0) is 53.8 Å². The molecule has 1 aliphatic heterocycles. The Balaban J connectivity index is 1.44. The van der Waals surface area contributed by atoms with Crippen molar-refractivity contribution in [3.05, 3.63) is 89.2 Å². The van der Waals surface area contributed by atoms with Crippen molar-refractivity contribution < 1.29 is 13.9 Å². The molecule has 0 saturated heterocycles. The van der Waals surface area contributed by atoms with E-state index in [-0.39, 0.29) is 0 Å². The van der Waals surface area contributed by atoms with Gasteiger partial charge in [-0.15, -0.1) is 0 Å². The molecule has 1 aromatic heterocycles. The van der Waals surface area contributed by atoms with Gasteiger partial charge in [-0.2, -0.15) is 5.26 Å². The van der Waals surface area contributed by atoms with Crippen LogP contribution in [0.15, 0.2) is 76.1 Å². The Morgan fingerprint density at radius 2 is 1.83 bits per heavy atom. The molecule has 1 unspecified atom stereocenters. The average molecular weight is 480 g/mol. The highest BCUT2D eigenvalue weighted by Gasteiger charge is 2.22. The van der Waals surface area contributed by atoms with E-state index in [2.05, 4.69) is 46.3 Å². The number of ether oxygens (including phenoxy) is 2. The topological polar surface area (TPSA) is 71.0 Å². The van der Waals surface area contributed by atoms with Gasteiger partial charge in [-0.3, -0.25) is 9.89 Å². The zero-order valence-corrected chi connectivity index (χ0v) is 20.6. The van der Waals surface area contributed by atoms with Crippen molar-refractivity contribution >= 4 is 22.9 Å². The van der Waals surface area contributed by atoms with Crippen LogP contribution >= 0.6 is 0 Å². The van der Waals surface area contributed by atoms with Gasteiger partial charge >= 0.3 is 0 Å². The smallest absolute Gasteiger partial charge is 0.204 e. The van der Waals surface area contributed by atoms with E-state index in [0.717, 1.165) is 41.9 Å². The SMILES string of the molecule is COc1cc(CC(C#N)C=Nc2ccccc2)c2cc(CN3CCc4ccccc4C3)oc2c1OC. The van der Waals surface area contributed by atoms with E-state index < -0.39 is 5.92 Å². The van der Waals surface area contributed by atoms with Gasteiger partial charge in [-0.25, -0.2) is 0 Å². The van der Waals surface area contributed by atoms with Crippen LogP contribution in [0.2, 0.25) is 0 Å². The van der Waals surface area contributed by atoms with Crippen molar-refractivity contribution in [1.82, 2.24) is 4.90 Å². The third-order valence-electron chi connectivity index (χ3n) is 6.64. The van der Waals surface area contributed by atoms with Crippen LogP contribution < -0.4 is 9.47 Å². The molecule has 182 valence electrons. The van der Waals surface area contributed by atoms with E-state index in [1.165, 1.54) is 11.1 Å². The van der Waals surface area contributed by atoms with Gasteiger partial charge < -0.3 is 13.9 Å². The summed E-state index contributed by atoms with van der Waals surface area (Å²) in [5, 5.41) is 10.8. The van der Waals surface area contributed by atoms with Crippen molar-refractivity contribution in [2.45, 2.75) is 25.9 Å². The number of aliphatic imine (C=N–C) groups is 1. The molecule has 4 aromatic rings. The van der Waals surface area contributed by atoms with Gasteiger partial charge in [0.1, 0.15) is 5.76 Å². The number of hydrogen-bond donors (Lipinski definition) is 0. The second-order valence-electron chi connectivity index (χ2n) is 9.01. The number of fused-ring (bicyclic) bond motifs is 2. The van der Waals surface area contributed by atoms with Gasteiger partial charge in [0.15, 0.2) is 11.3 Å². The second kappa shape index (κ2) is 10.7. The number of para-hydroxylation sites is 1. The number of methoxy groups -OCH3 is 2. The molecule has 0 fully saturated rings. The minimum Gasteiger partial charge on any atom is -0.493 e. The van der Waals surface area contributed by atoms with Crippen LogP contribution in [0.1, 0.15) is 22.5 Å². The first-order valence-corrected chi connectivity index (χ1v) is 12.1. The Hall–Kier alpha value is -4.08. The molecular weight excluding hydrogens is 450 g/mol. The number of nitriles is 1. The van der Waals surface area contributed by atoms with E-state index in [1.807, 2.05) is 36.4 Å². The molecule has 0 aliphatic carbocycles. The first-order valence-electron chi connectivity index (χ1n) is 12.1. The number of rotatable bonds is 8. The molecule has 0 spiro atoms. The monoisotopic (exact) mass is 479 g/mol. The molecule has 6 heteroatoms. The molecule has 3 aromatic carbocycles. The summed E-state index contributed by atoms with van der Waals surface area (Å²) in [6, 6.07) is 24.6. The Morgan fingerprint density at radius 1 is 1.06 bits per heavy atom.